The van der Waals surface area contributed by atoms with E-state index in [0.717, 1.165) is 28.9 Å². The third-order valence-corrected chi connectivity index (χ3v) is 5.77. The molecule has 3 rings (SSSR count). The summed E-state index contributed by atoms with van der Waals surface area (Å²) in [6.45, 7) is 6.22. The van der Waals surface area contributed by atoms with E-state index in [0.29, 0.717) is 34.9 Å². The highest BCUT2D eigenvalue weighted by molar-refractivity contribution is 6.33. The summed E-state index contributed by atoms with van der Waals surface area (Å²) in [5, 5.41) is 1.83. The van der Waals surface area contributed by atoms with Gasteiger partial charge in [0.25, 0.3) is 0 Å². The minimum absolute atomic E-state index is 0.334. The molecule has 1 aliphatic heterocycles. The van der Waals surface area contributed by atoms with Crippen molar-refractivity contribution < 1.29 is 9.47 Å². The summed E-state index contributed by atoms with van der Waals surface area (Å²) in [4.78, 5) is 6.47. The molecular formula is C21H23Cl3N2O2. The van der Waals surface area contributed by atoms with Gasteiger partial charge in [-0.2, -0.15) is 0 Å². The minimum atomic E-state index is -0.554. The maximum absolute atomic E-state index is 6.51. The van der Waals surface area contributed by atoms with E-state index in [1.54, 1.807) is 18.5 Å². The summed E-state index contributed by atoms with van der Waals surface area (Å²) in [6.07, 6.45) is 1.78. The lowest BCUT2D eigenvalue weighted by Crippen LogP contribution is -2.49. The lowest BCUT2D eigenvalue weighted by Gasteiger charge is -2.42. The van der Waals surface area contributed by atoms with E-state index >= 15 is 0 Å². The molecule has 1 aliphatic rings. The molecule has 0 saturated carbocycles. The van der Waals surface area contributed by atoms with Crippen LogP contribution in [-0.2, 0) is 21.7 Å². The van der Waals surface area contributed by atoms with Crippen LogP contribution in [-0.4, -0.2) is 38.0 Å². The van der Waals surface area contributed by atoms with E-state index in [1.165, 1.54) is 0 Å². The molecule has 0 aromatic heterocycles. The van der Waals surface area contributed by atoms with E-state index in [-0.39, 0.29) is 0 Å². The van der Waals surface area contributed by atoms with Gasteiger partial charge in [0, 0.05) is 23.6 Å². The largest absolute Gasteiger partial charge is 0.375 e. The monoisotopic (exact) mass is 440 g/mol. The molecule has 2 aromatic rings. The Balaban J connectivity index is 1.84. The van der Waals surface area contributed by atoms with E-state index in [1.807, 2.05) is 37.1 Å². The van der Waals surface area contributed by atoms with E-state index in [4.69, 9.17) is 44.3 Å². The van der Waals surface area contributed by atoms with Crippen molar-refractivity contribution in [3.63, 3.8) is 0 Å². The average molecular weight is 442 g/mol. The summed E-state index contributed by atoms with van der Waals surface area (Å²) < 4.78 is 11.8. The van der Waals surface area contributed by atoms with Crippen LogP contribution >= 0.6 is 34.8 Å². The lowest BCUT2D eigenvalue weighted by molar-refractivity contribution is -0.223. The predicted molar refractivity (Wildman–Crippen MR) is 116 cm³/mol. The minimum Gasteiger partial charge on any atom is -0.375 e. The Labute approximate surface area is 181 Å². The Kier molecular flexibility index (Phi) is 6.89. The fourth-order valence-corrected chi connectivity index (χ4v) is 3.55. The highest BCUT2D eigenvalue weighted by Crippen LogP contribution is 2.40. The summed E-state index contributed by atoms with van der Waals surface area (Å²) >= 11 is 18.9. The van der Waals surface area contributed by atoms with Gasteiger partial charge >= 0.3 is 0 Å². The topological polar surface area (TPSA) is 34.1 Å². The predicted octanol–water partition coefficient (Wildman–Crippen LogP) is 6.01. The normalized spacial score (nSPS) is 15.6. The van der Waals surface area contributed by atoms with Crippen LogP contribution in [0.4, 0.5) is 5.69 Å². The second kappa shape index (κ2) is 9.02. The average Bonchev–Trinajstić information content (AvgIpc) is 2.64. The van der Waals surface area contributed by atoms with Crippen molar-refractivity contribution in [2.75, 3.05) is 26.8 Å². The number of halogens is 3. The fourth-order valence-electron chi connectivity index (χ4n) is 2.97. The molecule has 150 valence electrons. The first-order chi connectivity index (χ1) is 13.3. The Morgan fingerprint density at radius 1 is 1.18 bits per heavy atom. The van der Waals surface area contributed by atoms with Gasteiger partial charge in [0.15, 0.2) is 0 Å². The van der Waals surface area contributed by atoms with Gasteiger partial charge in [-0.3, -0.25) is 0 Å². The van der Waals surface area contributed by atoms with Gasteiger partial charge in [-0.15, -0.1) is 0 Å². The summed E-state index contributed by atoms with van der Waals surface area (Å²) in [7, 11) is 1.97. The highest BCUT2D eigenvalue weighted by Gasteiger charge is 2.43. The molecule has 4 nitrogen and oxygen atoms in total. The van der Waals surface area contributed by atoms with Gasteiger partial charge < -0.3 is 14.4 Å². The molecule has 0 N–H and O–H groups in total. The molecule has 0 bridgehead atoms. The summed E-state index contributed by atoms with van der Waals surface area (Å²) in [6, 6.07) is 9.26. The number of hydrogen-bond donors (Lipinski definition) is 0. The molecule has 1 saturated heterocycles. The number of aliphatic imine (C=N–C) groups is 1. The van der Waals surface area contributed by atoms with Crippen LogP contribution in [0, 0.1) is 6.92 Å². The second-order valence-electron chi connectivity index (χ2n) is 6.95. The van der Waals surface area contributed by atoms with E-state index in [9.17, 15) is 0 Å². The van der Waals surface area contributed by atoms with Crippen molar-refractivity contribution in [1.82, 2.24) is 4.90 Å². The first-order valence-corrected chi connectivity index (χ1v) is 10.2. The molecule has 28 heavy (non-hydrogen) atoms. The standard InChI is InChI=1S/C21H23Cl3N2O2/c1-4-26(3)13-25-20-7-14(2)17(9-19(20)24)21(11-27-12-21)28-10-15-8-16(22)5-6-18(15)23/h5-9,13H,4,10-12H2,1-3H3. The fraction of sp³-hybridized carbons (Fsp3) is 0.381. The number of rotatable bonds is 7. The van der Waals surface area contributed by atoms with Crippen molar-refractivity contribution in [2.24, 2.45) is 4.99 Å². The van der Waals surface area contributed by atoms with Gasteiger partial charge in [-0.05, 0) is 60.9 Å². The smallest absolute Gasteiger partial charge is 0.140 e. The first kappa shape index (κ1) is 21.4. The van der Waals surface area contributed by atoms with E-state index in [2.05, 4.69) is 11.9 Å². The van der Waals surface area contributed by atoms with Gasteiger partial charge in [0.2, 0.25) is 0 Å². The van der Waals surface area contributed by atoms with Crippen LogP contribution in [0.5, 0.6) is 0 Å². The van der Waals surface area contributed by atoms with Crippen molar-refractivity contribution in [3.8, 4) is 0 Å². The SMILES string of the molecule is CCN(C)C=Nc1cc(C)c(C2(OCc3cc(Cl)ccc3Cl)COC2)cc1Cl. The van der Waals surface area contributed by atoms with Gasteiger partial charge in [0.1, 0.15) is 5.60 Å². The first-order valence-electron chi connectivity index (χ1n) is 9.05. The highest BCUT2D eigenvalue weighted by atomic mass is 35.5. The maximum Gasteiger partial charge on any atom is 0.140 e. The summed E-state index contributed by atoms with van der Waals surface area (Å²) in [5.74, 6) is 0. The van der Waals surface area contributed by atoms with Crippen LogP contribution in [0.2, 0.25) is 15.1 Å². The maximum atomic E-state index is 6.51. The summed E-state index contributed by atoms with van der Waals surface area (Å²) in [5.41, 5.74) is 3.08. The molecule has 0 spiro atoms. The number of nitrogens with zero attached hydrogens (tertiary/aromatic N) is 2. The van der Waals surface area contributed by atoms with Crippen LogP contribution in [0.15, 0.2) is 35.3 Å². The Morgan fingerprint density at radius 2 is 1.93 bits per heavy atom. The molecule has 0 unspecified atom stereocenters. The Hall–Kier alpha value is -1.30. The van der Waals surface area contributed by atoms with Crippen molar-refractivity contribution in [1.29, 1.82) is 0 Å². The zero-order valence-electron chi connectivity index (χ0n) is 16.1. The number of ether oxygens (including phenoxy) is 2. The molecule has 1 heterocycles. The third kappa shape index (κ3) is 4.64. The van der Waals surface area contributed by atoms with Gasteiger partial charge in [-0.25, -0.2) is 4.99 Å². The van der Waals surface area contributed by atoms with Crippen LogP contribution < -0.4 is 0 Å². The Morgan fingerprint density at radius 3 is 2.57 bits per heavy atom. The van der Waals surface area contributed by atoms with Gasteiger partial charge in [0.05, 0.1) is 36.9 Å². The molecule has 0 atom stereocenters. The quantitative estimate of drug-likeness (QED) is 0.390. The molecule has 7 heteroatoms. The van der Waals surface area contributed by atoms with E-state index < -0.39 is 5.60 Å². The number of benzene rings is 2. The number of aryl methyl sites for hydroxylation is 1. The molecular weight excluding hydrogens is 419 g/mol. The zero-order valence-corrected chi connectivity index (χ0v) is 18.4. The molecule has 0 radical (unpaired) electrons. The van der Waals surface area contributed by atoms with Crippen LogP contribution in [0.3, 0.4) is 0 Å². The molecule has 2 aromatic carbocycles. The van der Waals surface area contributed by atoms with Crippen molar-refractivity contribution >= 4 is 46.8 Å². The zero-order chi connectivity index (χ0) is 20.3. The third-order valence-electron chi connectivity index (χ3n) is 4.86. The van der Waals surface area contributed by atoms with Crippen LogP contribution in [0.25, 0.3) is 0 Å². The lowest BCUT2D eigenvalue weighted by atomic mass is 9.88. The molecule has 1 fully saturated rings. The van der Waals surface area contributed by atoms with Crippen molar-refractivity contribution in [2.45, 2.75) is 26.1 Å². The molecule has 0 amide bonds. The number of hydrogen-bond acceptors (Lipinski definition) is 3. The van der Waals surface area contributed by atoms with Crippen molar-refractivity contribution in [3.05, 3.63) is 62.1 Å². The van der Waals surface area contributed by atoms with Crippen LogP contribution in [0.1, 0.15) is 23.6 Å². The second-order valence-corrected chi connectivity index (χ2v) is 8.20. The van der Waals surface area contributed by atoms with Gasteiger partial charge in [-0.1, -0.05) is 34.8 Å². The molecule has 0 aliphatic carbocycles. The Bertz CT molecular complexity index is 882.